The van der Waals surface area contributed by atoms with E-state index in [2.05, 4.69) is 15.2 Å². The summed E-state index contributed by atoms with van der Waals surface area (Å²) in [6.45, 7) is 4.77. The van der Waals surface area contributed by atoms with Crippen LogP contribution in [-0.2, 0) is 10.0 Å². The van der Waals surface area contributed by atoms with E-state index >= 15 is 0 Å². The summed E-state index contributed by atoms with van der Waals surface area (Å²) in [5.74, 6) is 0.383. The maximum Gasteiger partial charge on any atom is 0.272 e. The molecular weight excluding hydrogens is 416 g/mol. The van der Waals surface area contributed by atoms with Crippen molar-refractivity contribution in [2.75, 3.05) is 45.2 Å². The monoisotopic (exact) mass is 442 g/mol. The highest BCUT2D eigenvalue weighted by molar-refractivity contribution is 7.89. The number of carbonyl (C=O) groups excluding carboxylic acids is 1. The highest BCUT2D eigenvalue weighted by Crippen LogP contribution is 2.24. The number of piperazine rings is 1. The number of aromatic amines is 1. The molecule has 164 valence electrons. The van der Waals surface area contributed by atoms with Crippen LogP contribution in [0.3, 0.4) is 0 Å². The lowest BCUT2D eigenvalue weighted by Gasteiger charge is -2.31. The number of aromatic nitrogens is 1. The molecule has 9 heteroatoms. The number of nitrogens with zero attached hydrogens (tertiary/aromatic N) is 2. The van der Waals surface area contributed by atoms with Crippen LogP contribution in [0.1, 0.15) is 17.4 Å². The van der Waals surface area contributed by atoms with Crippen LogP contribution in [0.4, 0.5) is 5.69 Å². The molecule has 3 aromatic rings. The third-order valence-electron chi connectivity index (χ3n) is 5.34. The van der Waals surface area contributed by atoms with Gasteiger partial charge >= 0.3 is 0 Å². The highest BCUT2D eigenvalue weighted by atomic mass is 32.2. The van der Waals surface area contributed by atoms with E-state index in [0.717, 1.165) is 16.7 Å². The minimum atomic E-state index is -3.61. The van der Waals surface area contributed by atoms with Gasteiger partial charge in [-0.05, 0) is 50.4 Å². The Kier molecular flexibility index (Phi) is 5.99. The number of H-pyrrole nitrogens is 1. The van der Waals surface area contributed by atoms with E-state index in [4.69, 9.17) is 4.74 Å². The van der Waals surface area contributed by atoms with Crippen LogP contribution in [-0.4, -0.2) is 68.3 Å². The van der Waals surface area contributed by atoms with Crippen molar-refractivity contribution < 1.29 is 17.9 Å². The first kappa shape index (κ1) is 21.4. The lowest BCUT2D eigenvalue weighted by Crippen LogP contribution is -2.47. The Morgan fingerprint density at radius 1 is 1.10 bits per heavy atom. The number of anilines is 1. The molecule has 0 spiro atoms. The lowest BCUT2D eigenvalue weighted by molar-refractivity contribution is 0.102. The molecule has 8 nitrogen and oxygen atoms in total. The maximum atomic E-state index is 13.0. The van der Waals surface area contributed by atoms with Gasteiger partial charge in [-0.1, -0.05) is 6.07 Å². The first-order valence-electron chi connectivity index (χ1n) is 10.2. The van der Waals surface area contributed by atoms with Crippen LogP contribution < -0.4 is 10.1 Å². The van der Waals surface area contributed by atoms with Crippen LogP contribution in [0.15, 0.2) is 53.4 Å². The minimum Gasteiger partial charge on any atom is -0.494 e. The van der Waals surface area contributed by atoms with Gasteiger partial charge in [0.1, 0.15) is 11.4 Å². The molecule has 1 fully saturated rings. The van der Waals surface area contributed by atoms with Crippen molar-refractivity contribution in [2.24, 2.45) is 0 Å². The van der Waals surface area contributed by atoms with Crippen LogP contribution in [0.2, 0.25) is 0 Å². The summed E-state index contributed by atoms with van der Waals surface area (Å²) >= 11 is 0. The molecule has 2 aromatic carbocycles. The summed E-state index contributed by atoms with van der Waals surface area (Å²) in [6, 6.07) is 13.7. The summed E-state index contributed by atoms with van der Waals surface area (Å²) in [4.78, 5) is 18.1. The predicted molar refractivity (Wildman–Crippen MR) is 120 cm³/mol. The number of benzene rings is 2. The largest absolute Gasteiger partial charge is 0.494 e. The molecule has 1 saturated heterocycles. The molecule has 31 heavy (non-hydrogen) atoms. The number of sulfonamides is 1. The van der Waals surface area contributed by atoms with Crippen molar-refractivity contribution >= 4 is 32.5 Å². The average molecular weight is 443 g/mol. The van der Waals surface area contributed by atoms with Gasteiger partial charge in [-0.2, -0.15) is 4.31 Å². The zero-order valence-electron chi connectivity index (χ0n) is 17.6. The molecule has 2 heterocycles. The maximum absolute atomic E-state index is 13.0. The molecule has 1 aromatic heterocycles. The molecule has 1 aliphatic heterocycles. The zero-order valence-corrected chi connectivity index (χ0v) is 18.4. The predicted octanol–water partition coefficient (Wildman–Crippen LogP) is 2.76. The van der Waals surface area contributed by atoms with Crippen molar-refractivity contribution in [1.29, 1.82) is 0 Å². The van der Waals surface area contributed by atoms with E-state index in [0.29, 0.717) is 44.2 Å². The smallest absolute Gasteiger partial charge is 0.272 e. The number of hydrogen-bond acceptors (Lipinski definition) is 5. The van der Waals surface area contributed by atoms with E-state index in [1.54, 1.807) is 24.3 Å². The molecule has 0 aliphatic carbocycles. The van der Waals surface area contributed by atoms with Crippen LogP contribution in [0, 0.1) is 0 Å². The number of likely N-dealkylation sites (N-methyl/N-ethyl adjacent to an activating group) is 1. The molecule has 0 bridgehead atoms. The molecule has 1 aliphatic rings. The lowest BCUT2D eigenvalue weighted by atomic mass is 10.2. The third-order valence-corrected chi connectivity index (χ3v) is 7.24. The van der Waals surface area contributed by atoms with Crippen molar-refractivity contribution in [3.8, 4) is 5.75 Å². The number of nitrogens with one attached hydrogen (secondary N) is 2. The summed E-state index contributed by atoms with van der Waals surface area (Å²) in [6.07, 6.45) is 0. The number of fused-ring (bicyclic) bond motifs is 1. The Morgan fingerprint density at radius 2 is 1.87 bits per heavy atom. The second kappa shape index (κ2) is 8.70. The molecule has 0 saturated carbocycles. The molecule has 1 amide bonds. The number of ether oxygens (including phenoxy) is 1. The molecular formula is C22H26N4O4S. The van der Waals surface area contributed by atoms with Gasteiger partial charge in [0.05, 0.1) is 11.5 Å². The van der Waals surface area contributed by atoms with Gasteiger partial charge in [0.2, 0.25) is 10.0 Å². The van der Waals surface area contributed by atoms with Crippen molar-refractivity contribution in [3.05, 3.63) is 54.2 Å². The Labute approximate surface area is 181 Å². The van der Waals surface area contributed by atoms with Gasteiger partial charge in [0, 0.05) is 48.8 Å². The van der Waals surface area contributed by atoms with Crippen molar-refractivity contribution in [1.82, 2.24) is 14.2 Å². The summed E-state index contributed by atoms with van der Waals surface area (Å²) in [7, 11) is -1.63. The second-order valence-corrected chi connectivity index (χ2v) is 9.49. The third kappa shape index (κ3) is 4.58. The topological polar surface area (TPSA) is 94.7 Å². The van der Waals surface area contributed by atoms with Crippen molar-refractivity contribution in [3.63, 3.8) is 0 Å². The normalized spacial score (nSPS) is 15.8. The first-order valence-corrected chi connectivity index (χ1v) is 11.7. The van der Waals surface area contributed by atoms with Gasteiger partial charge in [-0.15, -0.1) is 0 Å². The first-order chi connectivity index (χ1) is 14.9. The van der Waals surface area contributed by atoms with E-state index in [-0.39, 0.29) is 10.8 Å². The molecule has 4 rings (SSSR count). The van der Waals surface area contributed by atoms with Gasteiger partial charge in [0.25, 0.3) is 5.91 Å². The Bertz CT molecular complexity index is 1200. The Balaban J connectivity index is 1.52. The molecule has 0 atom stereocenters. The number of carbonyl (C=O) groups is 1. The summed E-state index contributed by atoms with van der Waals surface area (Å²) in [5, 5.41) is 3.68. The number of amides is 1. The Morgan fingerprint density at radius 3 is 2.61 bits per heavy atom. The van der Waals surface area contributed by atoms with Crippen molar-refractivity contribution in [2.45, 2.75) is 11.8 Å². The standard InChI is InChI=1S/C22H26N4O4S/c1-3-30-18-8-7-16-13-21(24-20(16)15-18)22(27)23-17-5-4-6-19(14-17)31(28,29)26-11-9-25(2)10-12-26/h4-8,13-15,24H,3,9-12H2,1-2H3,(H,23,27). The quantitative estimate of drug-likeness (QED) is 0.612. The van der Waals surface area contributed by atoms with Gasteiger partial charge < -0.3 is 19.9 Å². The van der Waals surface area contributed by atoms with Gasteiger partial charge in [-0.25, -0.2) is 8.42 Å². The van der Waals surface area contributed by atoms with Crippen LogP contribution in [0.25, 0.3) is 10.9 Å². The van der Waals surface area contributed by atoms with E-state index in [1.807, 2.05) is 32.2 Å². The average Bonchev–Trinajstić information content (AvgIpc) is 3.18. The van der Waals surface area contributed by atoms with E-state index < -0.39 is 10.0 Å². The minimum absolute atomic E-state index is 0.174. The molecule has 0 radical (unpaired) electrons. The van der Waals surface area contributed by atoms with Crippen LogP contribution >= 0.6 is 0 Å². The fraction of sp³-hybridized carbons (Fsp3) is 0.318. The SMILES string of the molecule is CCOc1ccc2cc(C(=O)Nc3cccc(S(=O)(=O)N4CCN(C)CC4)c3)[nH]c2c1. The summed E-state index contributed by atoms with van der Waals surface area (Å²) in [5.41, 5.74) is 1.60. The van der Waals surface area contributed by atoms with Gasteiger partial charge in [-0.3, -0.25) is 4.79 Å². The second-order valence-electron chi connectivity index (χ2n) is 7.55. The number of rotatable bonds is 6. The molecule has 0 unspecified atom stereocenters. The number of hydrogen-bond donors (Lipinski definition) is 2. The fourth-order valence-electron chi connectivity index (χ4n) is 3.60. The summed E-state index contributed by atoms with van der Waals surface area (Å²) < 4.78 is 32.9. The van der Waals surface area contributed by atoms with Gasteiger partial charge in [0.15, 0.2) is 0 Å². The molecule has 2 N–H and O–H groups in total. The van der Waals surface area contributed by atoms with E-state index in [9.17, 15) is 13.2 Å². The van der Waals surface area contributed by atoms with E-state index in [1.165, 1.54) is 10.4 Å². The Hall–Kier alpha value is -2.88. The van der Waals surface area contributed by atoms with Crippen LogP contribution in [0.5, 0.6) is 5.75 Å². The fourth-order valence-corrected chi connectivity index (χ4v) is 5.06. The zero-order chi connectivity index (χ0) is 22.0. The highest BCUT2D eigenvalue weighted by Gasteiger charge is 2.27.